The van der Waals surface area contributed by atoms with Crippen molar-refractivity contribution in [2.24, 2.45) is 11.3 Å². The number of para-hydroxylation sites is 1. The molecule has 5 rings (SSSR count). The summed E-state index contributed by atoms with van der Waals surface area (Å²) in [5.74, 6) is 0.594. The molecule has 1 amide bonds. The molecule has 0 saturated heterocycles. The zero-order valence-corrected chi connectivity index (χ0v) is 18.8. The molecule has 0 radical (unpaired) electrons. The maximum absolute atomic E-state index is 13.2. The molecule has 6 nitrogen and oxygen atoms in total. The van der Waals surface area contributed by atoms with Crippen molar-refractivity contribution in [3.63, 3.8) is 0 Å². The van der Waals surface area contributed by atoms with E-state index >= 15 is 0 Å². The lowest BCUT2D eigenvalue weighted by Crippen LogP contribution is -2.32. The fourth-order valence-corrected chi connectivity index (χ4v) is 5.74. The van der Waals surface area contributed by atoms with Gasteiger partial charge in [-0.3, -0.25) is 9.59 Å². The minimum atomic E-state index is -0.314. The smallest absolute Gasteiger partial charge is 0.291 e. The highest BCUT2D eigenvalue weighted by atomic mass is 35.5. The number of anilines is 1. The molecular formula is C21H18Cl2N4O2S. The van der Waals surface area contributed by atoms with Gasteiger partial charge < -0.3 is 4.90 Å². The van der Waals surface area contributed by atoms with E-state index in [1.54, 1.807) is 11.0 Å². The van der Waals surface area contributed by atoms with Crippen LogP contribution in [-0.4, -0.2) is 27.0 Å². The highest BCUT2D eigenvalue weighted by Gasteiger charge is 2.59. The Morgan fingerprint density at radius 2 is 2.00 bits per heavy atom. The second-order valence-electron chi connectivity index (χ2n) is 8.12. The Morgan fingerprint density at radius 1 is 1.27 bits per heavy atom. The van der Waals surface area contributed by atoms with Crippen molar-refractivity contribution >= 4 is 56.7 Å². The number of benzene rings is 1. The van der Waals surface area contributed by atoms with E-state index in [4.69, 9.17) is 23.2 Å². The van der Waals surface area contributed by atoms with Crippen LogP contribution >= 0.6 is 34.5 Å². The predicted molar refractivity (Wildman–Crippen MR) is 119 cm³/mol. The molecule has 0 unspecified atom stereocenters. The Balaban J connectivity index is 1.65. The van der Waals surface area contributed by atoms with Gasteiger partial charge in [-0.25, -0.2) is 4.98 Å². The van der Waals surface area contributed by atoms with E-state index in [2.05, 4.69) is 23.9 Å². The quantitative estimate of drug-likeness (QED) is 0.599. The summed E-state index contributed by atoms with van der Waals surface area (Å²) in [4.78, 5) is 33.0. The van der Waals surface area contributed by atoms with Gasteiger partial charge in [-0.15, -0.1) is 5.10 Å². The van der Waals surface area contributed by atoms with Crippen LogP contribution in [0.3, 0.4) is 0 Å². The van der Waals surface area contributed by atoms with E-state index < -0.39 is 0 Å². The van der Waals surface area contributed by atoms with Gasteiger partial charge in [-0.05, 0) is 30.4 Å². The molecule has 2 aromatic heterocycles. The summed E-state index contributed by atoms with van der Waals surface area (Å²) in [6, 6.07) is 7.53. The number of hydrogen-bond donors (Lipinski definition) is 0. The number of carbonyl (C=O) groups excluding carboxylic acids is 1. The van der Waals surface area contributed by atoms with Crippen molar-refractivity contribution in [2.75, 3.05) is 11.4 Å². The van der Waals surface area contributed by atoms with Gasteiger partial charge in [0, 0.05) is 18.0 Å². The summed E-state index contributed by atoms with van der Waals surface area (Å²) in [6.45, 7) is 6.64. The normalized spacial score (nSPS) is 23.8. The van der Waals surface area contributed by atoms with Gasteiger partial charge in [0.15, 0.2) is 5.82 Å². The first-order chi connectivity index (χ1) is 14.3. The van der Waals surface area contributed by atoms with Crippen LogP contribution in [0.4, 0.5) is 5.69 Å². The summed E-state index contributed by atoms with van der Waals surface area (Å²) in [5, 5.41) is 4.49. The molecule has 0 spiro atoms. The molecular weight excluding hydrogens is 443 g/mol. The van der Waals surface area contributed by atoms with Gasteiger partial charge in [0.1, 0.15) is 9.02 Å². The molecule has 3 heterocycles. The molecule has 0 bridgehead atoms. The molecule has 3 aromatic rings. The second kappa shape index (κ2) is 6.64. The molecule has 154 valence electrons. The van der Waals surface area contributed by atoms with Gasteiger partial charge in [-0.1, -0.05) is 66.6 Å². The summed E-state index contributed by atoms with van der Waals surface area (Å²) in [6.07, 6.45) is 1.80. The number of carbonyl (C=O) groups is 1. The monoisotopic (exact) mass is 460 g/mol. The van der Waals surface area contributed by atoms with Crippen LogP contribution in [0.2, 0.25) is 0 Å². The highest BCUT2D eigenvalue weighted by molar-refractivity contribution is 7.15. The average molecular weight is 461 g/mol. The lowest BCUT2D eigenvalue weighted by molar-refractivity contribution is -0.113. The van der Waals surface area contributed by atoms with Crippen LogP contribution in [0.25, 0.3) is 10.5 Å². The van der Waals surface area contributed by atoms with Crippen LogP contribution in [0.1, 0.15) is 38.1 Å². The van der Waals surface area contributed by atoms with Crippen LogP contribution in [0, 0.1) is 11.3 Å². The average Bonchev–Trinajstić information content (AvgIpc) is 3.03. The van der Waals surface area contributed by atoms with Gasteiger partial charge in [0.25, 0.3) is 11.5 Å². The zero-order chi connectivity index (χ0) is 21.4. The number of aromatic nitrogens is 3. The van der Waals surface area contributed by atoms with E-state index in [-0.39, 0.29) is 33.2 Å². The lowest BCUT2D eigenvalue weighted by Gasteiger charge is -2.13. The van der Waals surface area contributed by atoms with Gasteiger partial charge >= 0.3 is 0 Å². The molecule has 0 N–H and O–H groups in total. The first kappa shape index (κ1) is 19.7. The van der Waals surface area contributed by atoms with E-state index in [9.17, 15) is 9.59 Å². The molecule has 2 aliphatic rings. The Kier molecular flexibility index (Phi) is 4.36. The van der Waals surface area contributed by atoms with Crippen LogP contribution < -0.4 is 15.0 Å². The van der Waals surface area contributed by atoms with Gasteiger partial charge in [-0.2, -0.15) is 4.52 Å². The molecule has 1 aromatic carbocycles. The molecule has 1 aliphatic carbocycles. The van der Waals surface area contributed by atoms with E-state index in [0.717, 1.165) is 11.3 Å². The predicted octanol–water partition coefficient (Wildman–Crippen LogP) is 3.49. The van der Waals surface area contributed by atoms with Crippen molar-refractivity contribution in [3.05, 3.63) is 61.1 Å². The number of amides is 1. The summed E-state index contributed by atoms with van der Waals surface area (Å²) in [7, 11) is 0. The summed E-state index contributed by atoms with van der Waals surface area (Å²) < 4.78 is 1.91. The number of thiazole rings is 1. The van der Waals surface area contributed by atoms with E-state index in [1.807, 2.05) is 31.2 Å². The summed E-state index contributed by atoms with van der Waals surface area (Å²) in [5.41, 5.74) is 1.63. The number of nitrogens with zero attached hydrogens (tertiary/aromatic N) is 4. The summed E-state index contributed by atoms with van der Waals surface area (Å²) >= 11 is 12.9. The number of allylic oxidation sites excluding steroid dienone is 1. The van der Waals surface area contributed by atoms with Gasteiger partial charge in [0.2, 0.25) is 4.96 Å². The molecule has 30 heavy (non-hydrogen) atoms. The van der Waals surface area contributed by atoms with E-state index in [0.29, 0.717) is 27.4 Å². The van der Waals surface area contributed by atoms with Crippen LogP contribution in [0.5, 0.6) is 0 Å². The first-order valence-electron chi connectivity index (χ1n) is 9.63. The fraction of sp³-hybridized carbons (Fsp3) is 0.333. The minimum Gasteiger partial charge on any atom is -0.308 e. The number of fused-ring (bicyclic) bond motifs is 2. The third kappa shape index (κ3) is 2.69. The third-order valence-electron chi connectivity index (χ3n) is 6.13. The maximum atomic E-state index is 13.2. The number of halogens is 2. The number of likely N-dealkylation sites (N-methyl/N-ethyl adjacent to an activating group) is 1. The third-order valence-corrected chi connectivity index (χ3v) is 7.42. The van der Waals surface area contributed by atoms with Crippen molar-refractivity contribution in [2.45, 2.75) is 26.7 Å². The number of hydrogen-bond acceptors (Lipinski definition) is 5. The SMILES string of the molecule is CCN1C(=O)/C(=c2\sc3nc([C@H]4[C@@H](C=C(Cl)Cl)C4(C)C)nn3c2=O)c2ccccc21. The largest absolute Gasteiger partial charge is 0.308 e. The van der Waals surface area contributed by atoms with Crippen molar-refractivity contribution in [1.82, 2.24) is 14.6 Å². The molecule has 1 aliphatic heterocycles. The molecule has 1 fully saturated rings. The standard InChI is InChI=1S/C21H18Cl2N4O2S/c1-4-26-12-8-6-5-7-10(12)14(18(26)28)16-19(29)27-20(30-16)24-17(25-27)15-11(9-13(22)23)21(15,2)3/h5-9,11,15H,4H2,1-3H3/b16-14-/t11-,15-/m1/s1. The molecule has 2 atom stereocenters. The van der Waals surface area contributed by atoms with Crippen molar-refractivity contribution < 1.29 is 4.79 Å². The molecule has 9 heteroatoms. The lowest BCUT2D eigenvalue weighted by atomic mass is 10.1. The van der Waals surface area contributed by atoms with Gasteiger partial charge in [0.05, 0.1) is 11.3 Å². The minimum absolute atomic E-state index is 0.0389. The van der Waals surface area contributed by atoms with Crippen molar-refractivity contribution in [3.8, 4) is 0 Å². The Morgan fingerprint density at radius 3 is 2.67 bits per heavy atom. The molecule has 1 saturated carbocycles. The number of rotatable bonds is 3. The Hall–Kier alpha value is -2.22. The Bertz CT molecular complexity index is 1350. The van der Waals surface area contributed by atoms with Crippen LogP contribution in [0.15, 0.2) is 39.6 Å². The van der Waals surface area contributed by atoms with Crippen molar-refractivity contribution in [1.29, 1.82) is 0 Å². The topological polar surface area (TPSA) is 67.6 Å². The zero-order valence-electron chi connectivity index (χ0n) is 16.5. The van der Waals surface area contributed by atoms with E-state index in [1.165, 1.54) is 15.9 Å². The first-order valence-corrected chi connectivity index (χ1v) is 11.2. The second-order valence-corrected chi connectivity index (χ2v) is 10.1. The fourth-order valence-electron chi connectivity index (χ4n) is 4.46. The highest BCUT2D eigenvalue weighted by Crippen LogP contribution is 2.64. The Labute approximate surface area is 186 Å². The maximum Gasteiger partial charge on any atom is 0.291 e. The van der Waals surface area contributed by atoms with Crippen LogP contribution in [-0.2, 0) is 4.79 Å².